The Hall–Kier alpha value is -3.15. The molecule has 1 fully saturated rings. The molecule has 0 saturated carbocycles. The summed E-state index contributed by atoms with van der Waals surface area (Å²) in [7, 11) is -3.13. The van der Waals surface area contributed by atoms with E-state index in [9.17, 15) is 27.5 Å². The van der Waals surface area contributed by atoms with Crippen molar-refractivity contribution < 1.29 is 27.4 Å². The molecule has 2 aromatic carbocycles. The summed E-state index contributed by atoms with van der Waals surface area (Å²) >= 11 is 0. The number of carbonyl (C=O) groups excluding carboxylic acids is 1. The smallest absolute Gasteiger partial charge is 0.261 e. The van der Waals surface area contributed by atoms with Crippen molar-refractivity contribution in [2.45, 2.75) is 45.3 Å². The summed E-state index contributed by atoms with van der Waals surface area (Å²) in [5.41, 5.74) is 3.45. The van der Waals surface area contributed by atoms with Gasteiger partial charge >= 0.3 is 0 Å². The largest absolute Gasteiger partial charge is 0.389 e. The molecule has 1 saturated heterocycles. The lowest BCUT2D eigenvalue weighted by Gasteiger charge is -2.29. The molecule has 9 nitrogen and oxygen atoms in total. The summed E-state index contributed by atoms with van der Waals surface area (Å²) in [5, 5.41) is 13.3. The van der Waals surface area contributed by atoms with Gasteiger partial charge in [0, 0.05) is 19.4 Å². The maximum atomic E-state index is 14.8. The van der Waals surface area contributed by atoms with E-state index in [1.54, 1.807) is 12.1 Å². The van der Waals surface area contributed by atoms with E-state index >= 15 is 0 Å². The van der Waals surface area contributed by atoms with Crippen molar-refractivity contribution in [2.75, 3.05) is 31.8 Å². The molecule has 3 aromatic rings. The average Bonchev–Trinajstić information content (AvgIpc) is 2.85. The molecular formula is C27H32FN3O6S. The third-order valence-corrected chi connectivity index (χ3v) is 8.08. The molecule has 2 atom stereocenters. The SMILES string of the molecule is Cc1c(Cc2ccc(C(=O)NCCCS(C)(=O)=O)c(F)c2)cc2c(=O)n([C@H]3CCOC[C@@H]3O)cnc2c1C. The molecule has 38 heavy (non-hydrogen) atoms. The monoisotopic (exact) mass is 545 g/mol. The molecule has 0 spiro atoms. The summed E-state index contributed by atoms with van der Waals surface area (Å²) in [5.74, 6) is -1.35. The van der Waals surface area contributed by atoms with E-state index in [0.29, 0.717) is 35.9 Å². The summed E-state index contributed by atoms with van der Waals surface area (Å²) < 4.78 is 44.0. The number of aliphatic hydroxyl groups excluding tert-OH is 1. The fourth-order valence-electron chi connectivity index (χ4n) is 4.77. The number of fused-ring (bicyclic) bond motifs is 1. The molecule has 1 amide bonds. The predicted molar refractivity (Wildman–Crippen MR) is 142 cm³/mol. The van der Waals surface area contributed by atoms with Gasteiger partial charge in [-0.3, -0.25) is 14.2 Å². The Balaban J connectivity index is 1.57. The summed E-state index contributed by atoms with van der Waals surface area (Å²) in [6, 6.07) is 5.71. The Morgan fingerprint density at radius 2 is 2.03 bits per heavy atom. The number of aliphatic hydroxyl groups is 1. The number of aryl methyl sites for hydroxylation is 1. The van der Waals surface area contributed by atoms with Crippen LogP contribution in [0.25, 0.3) is 10.9 Å². The van der Waals surface area contributed by atoms with Gasteiger partial charge in [0.25, 0.3) is 11.5 Å². The lowest BCUT2D eigenvalue weighted by molar-refractivity contribution is -0.0395. The first kappa shape index (κ1) is 27.9. The van der Waals surface area contributed by atoms with Gasteiger partial charge in [0.15, 0.2) is 0 Å². The highest BCUT2D eigenvalue weighted by atomic mass is 32.2. The Bertz CT molecular complexity index is 1540. The van der Waals surface area contributed by atoms with Gasteiger partial charge in [0.05, 0.1) is 47.3 Å². The molecule has 11 heteroatoms. The van der Waals surface area contributed by atoms with Crippen LogP contribution in [0.3, 0.4) is 0 Å². The zero-order chi connectivity index (χ0) is 27.6. The van der Waals surface area contributed by atoms with Gasteiger partial charge < -0.3 is 15.2 Å². The maximum absolute atomic E-state index is 14.8. The summed E-state index contributed by atoms with van der Waals surface area (Å²) in [6.45, 7) is 4.55. The van der Waals surface area contributed by atoms with Gasteiger partial charge in [-0.1, -0.05) is 6.07 Å². The zero-order valence-corrected chi connectivity index (χ0v) is 22.5. The first-order chi connectivity index (χ1) is 18.0. The third kappa shape index (κ3) is 6.11. The van der Waals surface area contributed by atoms with Gasteiger partial charge in [-0.05, 0) is 73.6 Å². The van der Waals surface area contributed by atoms with Crippen LogP contribution in [0.5, 0.6) is 0 Å². The Morgan fingerprint density at radius 1 is 1.26 bits per heavy atom. The number of halogens is 1. The molecule has 2 heterocycles. The molecular weight excluding hydrogens is 513 g/mol. The predicted octanol–water partition coefficient (Wildman–Crippen LogP) is 2.23. The van der Waals surface area contributed by atoms with Gasteiger partial charge in [-0.25, -0.2) is 17.8 Å². The van der Waals surface area contributed by atoms with E-state index in [4.69, 9.17) is 4.74 Å². The molecule has 0 radical (unpaired) electrons. The van der Waals surface area contributed by atoms with Gasteiger partial charge in [0.2, 0.25) is 0 Å². The van der Waals surface area contributed by atoms with Crippen molar-refractivity contribution >= 4 is 26.6 Å². The number of aromatic nitrogens is 2. The first-order valence-corrected chi connectivity index (χ1v) is 14.5. The number of sulfone groups is 1. The minimum absolute atomic E-state index is 0.0600. The Labute approximate surface area is 220 Å². The topological polar surface area (TPSA) is 128 Å². The van der Waals surface area contributed by atoms with Crippen LogP contribution in [0.4, 0.5) is 4.39 Å². The molecule has 0 unspecified atom stereocenters. The lowest BCUT2D eigenvalue weighted by atomic mass is 9.94. The van der Waals surface area contributed by atoms with Gasteiger partial charge in [-0.15, -0.1) is 0 Å². The zero-order valence-electron chi connectivity index (χ0n) is 21.7. The van der Waals surface area contributed by atoms with E-state index < -0.39 is 33.7 Å². The highest BCUT2D eigenvalue weighted by Crippen LogP contribution is 2.26. The minimum atomic E-state index is -3.13. The van der Waals surface area contributed by atoms with Crippen LogP contribution in [-0.2, 0) is 21.0 Å². The normalized spacial score (nSPS) is 18.0. The van der Waals surface area contributed by atoms with Crippen molar-refractivity contribution in [1.82, 2.24) is 14.9 Å². The molecule has 2 N–H and O–H groups in total. The highest BCUT2D eigenvalue weighted by Gasteiger charge is 2.27. The van der Waals surface area contributed by atoms with E-state index in [-0.39, 0.29) is 36.4 Å². The molecule has 1 aliphatic heterocycles. The Kier molecular flexibility index (Phi) is 8.29. The fourth-order valence-corrected chi connectivity index (χ4v) is 5.44. The number of hydrogen-bond acceptors (Lipinski definition) is 7. The summed E-state index contributed by atoms with van der Waals surface area (Å²) in [6.07, 6.45) is 2.89. The number of amides is 1. The molecule has 1 aromatic heterocycles. The van der Waals surface area contributed by atoms with Crippen LogP contribution in [0.15, 0.2) is 35.4 Å². The number of carbonyl (C=O) groups is 1. The third-order valence-electron chi connectivity index (χ3n) is 7.05. The van der Waals surface area contributed by atoms with Crippen LogP contribution < -0.4 is 10.9 Å². The number of ether oxygens (including phenoxy) is 1. The van der Waals surface area contributed by atoms with E-state index in [0.717, 1.165) is 22.9 Å². The molecule has 0 bridgehead atoms. The van der Waals surface area contributed by atoms with Crippen LogP contribution in [0.1, 0.15) is 51.5 Å². The number of nitrogens with one attached hydrogen (secondary N) is 1. The number of hydrogen-bond donors (Lipinski definition) is 2. The van der Waals surface area contributed by atoms with Crippen molar-refractivity contribution in [3.8, 4) is 0 Å². The maximum Gasteiger partial charge on any atom is 0.261 e. The van der Waals surface area contributed by atoms with E-state index in [1.165, 1.54) is 23.0 Å². The minimum Gasteiger partial charge on any atom is -0.389 e. The van der Waals surface area contributed by atoms with Crippen LogP contribution in [0.2, 0.25) is 0 Å². The Morgan fingerprint density at radius 3 is 2.71 bits per heavy atom. The van der Waals surface area contributed by atoms with Crippen LogP contribution in [-0.4, -0.2) is 66.9 Å². The van der Waals surface area contributed by atoms with Crippen molar-refractivity contribution in [1.29, 1.82) is 0 Å². The second-order valence-corrected chi connectivity index (χ2v) is 12.1. The molecule has 1 aliphatic rings. The number of nitrogens with zero attached hydrogens (tertiary/aromatic N) is 2. The second kappa shape index (κ2) is 11.3. The van der Waals surface area contributed by atoms with E-state index in [1.807, 2.05) is 13.8 Å². The van der Waals surface area contributed by atoms with Gasteiger partial charge in [-0.2, -0.15) is 0 Å². The standard InChI is InChI=1S/C27H32FN3O6S/c1-16-17(2)25-21(27(34)31(15-30-25)23-7-9-37-14-24(23)32)13-19(16)11-18-5-6-20(22(28)12-18)26(33)29-8-4-10-38(3,35)36/h5-6,12-13,15,23-24,32H,4,7-11,14H2,1-3H3,(H,29,33)/t23-,24-/m0/s1. The molecule has 4 rings (SSSR count). The highest BCUT2D eigenvalue weighted by molar-refractivity contribution is 7.90. The first-order valence-electron chi connectivity index (χ1n) is 12.5. The average molecular weight is 546 g/mol. The number of rotatable bonds is 8. The van der Waals surface area contributed by atoms with Crippen molar-refractivity contribution in [3.63, 3.8) is 0 Å². The van der Waals surface area contributed by atoms with Crippen molar-refractivity contribution in [3.05, 3.63) is 74.6 Å². The van der Waals surface area contributed by atoms with Gasteiger partial charge in [0.1, 0.15) is 15.7 Å². The van der Waals surface area contributed by atoms with Crippen molar-refractivity contribution in [2.24, 2.45) is 0 Å². The quantitative estimate of drug-likeness (QED) is 0.416. The summed E-state index contributed by atoms with van der Waals surface area (Å²) in [4.78, 5) is 30.3. The fraction of sp³-hybridized carbons (Fsp3) is 0.444. The van der Waals surface area contributed by atoms with Crippen LogP contribution in [0, 0.1) is 19.7 Å². The number of benzene rings is 2. The second-order valence-electron chi connectivity index (χ2n) is 9.87. The van der Waals surface area contributed by atoms with Crippen LogP contribution >= 0.6 is 0 Å². The van der Waals surface area contributed by atoms with E-state index in [2.05, 4.69) is 10.3 Å². The molecule has 204 valence electrons. The lowest BCUT2D eigenvalue weighted by Crippen LogP contribution is -2.39. The molecule has 0 aliphatic carbocycles.